The normalized spacial score (nSPS) is 18.5. The lowest BCUT2D eigenvalue weighted by Crippen LogP contribution is -2.47. The van der Waals surface area contributed by atoms with E-state index < -0.39 is 9.84 Å². The number of thiazole rings is 1. The highest BCUT2D eigenvalue weighted by molar-refractivity contribution is 7.90. The Hall–Kier alpha value is -0.660. The second kappa shape index (κ2) is 5.32. The molecule has 0 radical (unpaired) electrons. The van der Waals surface area contributed by atoms with Crippen molar-refractivity contribution in [2.75, 3.05) is 49.6 Å². The SMILES string of the molecule is CS(=O)(=O)CCN1CCN(c2nccs2)CC1. The predicted molar refractivity (Wildman–Crippen MR) is 70.5 cm³/mol. The summed E-state index contributed by atoms with van der Waals surface area (Å²) in [6.45, 7) is 4.32. The summed E-state index contributed by atoms with van der Waals surface area (Å²) >= 11 is 1.65. The Morgan fingerprint density at radius 2 is 2.06 bits per heavy atom. The molecule has 0 unspecified atom stereocenters. The summed E-state index contributed by atoms with van der Waals surface area (Å²) in [7, 11) is -2.85. The summed E-state index contributed by atoms with van der Waals surface area (Å²) in [6, 6.07) is 0. The minimum atomic E-state index is -2.85. The highest BCUT2D eigenvalue weighted by Gasteiger charge is 2.19. The number of hydrogen-bond donors (Lipinski definition) is 0. The van der Waals surface area contributed by atoms with Gasteiger partial charge in [-0.1, -0.05) is 0 Å². The van der Waals surface area contributed by atoms with E-state index in [-0.39, 0.29) is 5.75 Å². The molecule has 0 N–H and O–H groups in total. The molecule has 1 aliphatic heterocycles. The fourth-order valence-electron chi connectivity index (χ4n) is 1.83. The smallest absolute Gasteiger partial charge is 0.185 e. The quantitative estimate of drug-likeness (QED) is 0.791. The molecule has 5 nitrogen and oxygen atoms in total. The fourth-order valence-corrected chi connectivity index (χ4v) is 3.12. The number of hydrogen-bond acceptors (Lipinski definition) is 6. The van der Waals surface area contributed by atoms with Gasteiger partial charge >= 0.3 is 0 Å². The van der Waals surface area contributed by atoms with E-state index in [9.17, 15) is 8.42 Å². The van der Waals surface area contributed by atoms with Crippen molar-refractivity contribution in [1.29, 1.82) is 0 Å². The van der Waals surface area contributed by atoms with E-state index >= 15 is 0 Å². The van der Waals surface area contributed by atoms with Gasteiger partial charge in [-0.25, -0.2) is 13.4 Å². The molecule has 0 aliphatic carbocycles. The zero-order valence-corrected chi connectivity index (χ0v) is 11.5. The molecule has 96 valence electrons. The van der Waals surface area contributed by atoms with Gasteiger partial charge in [0.1, 0.15) is 9.84 Å². The highest BCUT2D eigenvalue weighted by Crippen LogP contribution is 2.18. The molecular weight excluding hydrogens is 258 g/mol. The van der Waals surface area contributed by atoms with Gasteiger partial charge in [-0.2, -0.15) is 0 Å². The van der Waals surface area contributed by atoms with Crippen LogP contribution in [0.5, 0.6) is 0 Å². The molecule has 1 fully saturated rings. The summed E-state index contributed by atoms with van der Waals surface area (Å²) in [4.78, 5) is 8.73. The van der Waals surface area contributed by atoms with Gasteiger partial charge in [0.05, 0.1) is 5.75 Å². The molecule has 0 aromatic carbocycles. The Bertz CT molecular complexity index is 436. The van der Waals surface area contributed by atoms with Crippen molar-refractivity contribution in [1.82, 2.24) is 9.88 Å². The van der Waals surface area contributed by atoms with Crippen LogP contribution < -0.4 is 4.90 Å². The van der Waals surface area contributed by atoms with Crippen molar-refractivity contribution in [3.8, 4) is 0 Å². The Kier molecular flexibility index (Phi) is 4.01. The molecule has 0 spiro atoms. The zero-order chi connectivity index (χ0) is 12.3. The molecule has 7 heteroatoms. The molecular formula is C10H17N3O2S2. The van der Waals surface area contributed by atoms with Crippen LogP contribution in [0.3, 0.4) is 0 Å². The first kappa shape index (κ1) is 12.8. The third-order valence-corrected chi connectivity index (χ3v) is 4.60. The molecule has 2 rings (SSSR count). The van der Waals surface area contributed by atoms with Gasteiger partial charge in [0.2, 0.25) is 0 Å². The monoisotopic (exact) mass is 275 g/mol. The average Bonchev–Trinajstić information content (AvgIpc) is 2.79. The van der Waals surface area contributed by atoms with Crippen LogP contribution in [-0.2, 0) is 9.84 Å². The maximum atomic E-state index is 11.1. The van der Waals surface area contributed by atoms with Crippen molar-refractivity contribution in [2.45, 2.75) is 0 Å². The van der Waals surface area contributed by atoms with E-state index in [1.54, 1.807) is 11.3 Å². The Morgan fingerprint density at radius 3 is 2.59 bits per heavy atom. The van der Waals surface area contributed by atoms with Crippen molar-refractivity contribution < 1.29 is 8.42 Å². The number of nitrogens with zero attached hydrogens (tertiary/aromatic N) is 3. The van der Waals surface area contributed by atoms with Gasteiger partial charge in [-0.15, -0.1) is 11.3 Å². The molecule has 0 saturated carbocycles. The molecule has 1 aliphatic rings. The van der Waals surface area contributed by atoms with Crippen LogP contribution in [0.2, 0.25) is 0 Å². The summed E-state index contributed by atoms with van der Waals surface area (Å²) in [6.07, 6.45) is 3.11. The first-order valence-corrected chi connectivity index (χ1v) is 8.53. The second-order valence-corrected chi connectivity index (χ2v) is 7.41. The molecule has 1 aromatic rings. The molecule has 0 bridgehead atoms. The summed E-state index contributed by atoms with van der Waals surface area (Å²) in [5, 5.41) is 3.04. The Morgan fingerprint density at radius 1 is 1.35 bits per heavy atom. The van der Waals surface area contributed by atoms with Crippen LogP contribution in [0.15, 0.2) is 11.6 Å². The third-order valence-electron chi connectivity index (χ3n) is 2.84. The lowest BCUT2D eigenvalue weighted by atomic mass is 10.3. The third kappa shape index (κ3) is 3.93. The lowest BCUT2D eigenvalue weighted by molar-refractivity contribution is 0.272. The summed E-state index contributed by atoms with van der Waals surface area (Å²) in [5.41, 5.74) is 0. The van der Waals surface area contributed by atoms with Crippen molar-refractivity contribution >= 4 is 26.3 Å². The van der Waals surface area contributed by atoms with Gasteiger partial charge in [-0.05, 0) is 0 Å². The van der Waals surface area contributed by atoms with Gasteiger partial charge in [0.15, 0.2) is 5.13 Å². The first-order chi connectivity index (χ1) is 8.04. The van der Waals surface area contributed by atoms with Crippen LogP contribution >= 0.6 is 11.3 Å². The minimum Gasteiger partial charge on any atom is -0.346 e. The molecule has 1 aromatic heterocycles. The minimum absolute atomic E-state index is 0.254. The zero-order valence-electron chi connectivity index (χ0n) is 9.87. The largest absolute Gasteiger partial charge is 0.346 e. The Labute approximate surface area is 106 Å². The first-order valence-electron chi connectivity index (χ1n) is 5.59. The highest BCUT2D eigenvalue weighted by atomic mass is 32.2. The van der Waals surface area contributed by atoms with E-state index in [0.29, 0.717) is 6.54 Å². The number of anilines is 1. The lowest BCUT2D eigenvalue weighted by Gasteiger charge is -2.34. The van der Waals surface area contributed by atoms with Gasteiger partial charge in [0.25, 0.3) is 0 Å². The molecule has 0 atom stereocenters. The molecule has 17 heavy (non-hydrogen) atoms. The van der Waals surface area contributed by atoms with E-state index in [1.165, 1.54) is 6.26 Å². The van der Waals surface area contributed by atoms with Gasteiger partial charge in [0, 0.05) is 50.6 Å². The standard InChI is InChI=1S/C10H17N3O2S2/c1-17(14,15)9-7-12-3-5-13(6-4-12)10-11-2-8-16-10/h2,8H,3-7,9H2,1H3. The Balaban J connectivity index is 1.78. The van der Waals surface area contributed by atoms with Crippen LogP contribution in [0.4, 0.5) is 5.13 Å². The van der Waals surface area contributed by atoms with Crippen molar-refractivity contribution in [3.63, 3.8) is 0 Å². The van der Waals surface area contributed by atoms with Gasteiger partial charge in [-0.3, -0.25) is 4.90 Å². The molecule has 0 amide bonds. The maximum absolute atomic E-state index is 11.1. The number of piperazine rings is 1. The predicted octanol–water partition coefficient (Wildman–Crippen LogP) is 0.310. The van der Waals surface area contributed by atoms with Crippen LogP contribution in [-0.4, -0.2) is 63.0 Å². The van der Waals surface area contributed by atoms with Crippen LogP contribution in [0.1, 0.15) is 0 Å². The number of sulfone groups is 1. The number of rotatable bonds is 4. The summed E-state index contributed by atoms with van der Waals surface area (Å²) < 4.78 is 22.2. The molecule has 2 heterocycles. The van der Waals surface area contributed by atoms with Crippen molar-refractivity contribution in [3.05, 3.63) is 11.6 Å². The number of aromatic nitrogens is 1. The summed E-state index contributed by atoms with van der Waals surface area (Å²) in [5.74, 6) is 0.254. The van der Waals surface area contributed by atoms with Crippen LogP contribution in [0, 0.1) is 0 Å². The maximum Gasteiger partial charge on any atom is 0.185 e. The van der Waals surface area contributed by atoms with Crippen LogP contribution in [0.25, 0.3) is 0 Å². The van der Waals surface area contributed by atoms with Crippen molar-refractivity contribution in [2.24, 2.45) is 0 Å². The fraction of sp³-hybridized carbons (Fsp3) is 0.700. The van der Waals surface area contributed by atoms with E-state index in [2.05, 4.69) is 14.8 Å². The van der Waals surface area contributed by atoms with E-state index in [0.717, 1.165) is 31.3 Å². The second-order valence-electron chi connectivity index (χ2n) is 4.27. The topological polar surface area (TPSA) is 53.5 Å². The molecule has 1 saturated heterocycles. The van der Waals surface area contributed by atoms with E-state index in [4.69, 9.17) is 0 Å². The van der Waals surface area contributed by atoms with E-state index in [1.807, 2.05) is 11.6 Å². The average molecular weight is 275 g/mol. The van der Waals surface area contributed by atoms with Gasteiger partial charge < -0.3 is 4.90 Å².